The molecule has 0 spiro atoms. The smallest absolute Gasteiger partial charge is 0.317 e. The monoisotopic (exact) mass is 224 g/mol. The van der Waals surface area contributed by atoms with Crippen LogP contribution in [-0.2, 0) is 9.59 Å². The Hall–Kier alpha value is -0.400. The fourth-order valence-corrected chi connectivity index (χ4v) is 2.45. The molecule has 1 amide bonds. The molecule has 0 saturated heterocycles. The Morgan fingerprint density at radius 3 is 2.15 bits per heavy atom. The van der Waals surface area contributed by atoms with Crippen molar-refractivity contribution in [3.63, 3.8) is 0 Å². The highest BCUT2D eigenvalue weighted by Gasteiger charge is 2.17. The number of amides is 1. The first kappa shape index (κ1) is 12.6. The summed E-state index contributed by atoms with van der Waals surface area (Å²) >= 11 is 0. The Morgan fingerprint density at radius 2 is 1.77 bits per heavy atom. The number of carboxylic acids is 1. The van der Waals surface area contributed by atoms with Crippen LogP contribution < -0.4 is 11.3 Å². The molecule has 0 aromatic carbocycles. The van der Waals surface area contributed by atoms with Gasteiger partial charge in [-0.2, -0.15) is 0 Å². The van der Waals surface area contributed by atoms with Crippen molar-refractivity contribution >= 4 is 33.5 Å². The maximum absolute atomic E-state index is 10.9. The third-order valence-corrected chi connectivity index (χ3v) is 4.37. The standard InChI is InChI=1S/C6H12N2O3S2/c1-3(5(9)8-7)12-13-4(2)6(10)11/h3-4H,7H2,1-2H3,(H,8,9)(H,10,11). The molecule has 7 heteroatoms. The average Bonchev–Trinajstić information content (AvgIpc) is 2.11. The van der Waals surface area contributed by atoms with Gasteiger partial charge in [-0.1, -0.05) is 21.6 Å². The number of carbonyl (C=O) groups is 2. The summed E-state index contributed by atoms with van der Waals surface area (Å²) in [5, 5.41) is 7.65. The van der Waals surface area contributed by atoms with Crippen LogP contribution in [0.1, 0.15) is 13.8 Å². The van der Waals surface area contributed by atoms with Gasteiger partial charge in [0.2, 0.25) is 5.91 Å². The van der Waals surface area contributed by atoms with Gasteiger partial charge in [0.05, 0.1) is 5.25 Å². The number of hydrogen-bond acceptors (Lipinski definition) is 5. The molecule has 5 nitrogen and oxygen atoms in total. The van der Waals surface area contributed by atoms with E-state index in [0.29, 0.717) is 0 Å². The molecule has 76 valence electrons. The molecule has 0 aromatic rings. The molecule has 13 heavy (non-hydrogen) atoms. The van der Waals surface area contributed by atoms with Gasteiger partial charge in [-0.25, -0.2) is 5.84 Å². The third-order valence-electron chi connectivity index (χ3n) is 1.20. The number of nitrogens with one attached hydrogen (secondary N) is 1. The van der Waals surface area contributed by atoms with E-state index in [1.807, 2.05) is 5.43 Å². The molecule has 2 unspecified atom stereocenters. The Morgan fingerprint density at radius 1 is 1.31 bits per heavy atom. The van der Waals surface area contributed by atoms with E-state index in [1.54, 1.807) is 13.8 Å². The largest absolute Gasteiger partial charge is 0.480 e. The first-order valence-corrected chi connectivity index (χ1v) is 5.82. The van der Waals surface area contributed by atoms with Crippen LogP contribution in [0.2, 0.25) is 0 Å². The van der Waals surface area contributed by atoms with E-state index in [2.05, 4.69) is 0 Å². The number of hydrazine groups is 1. The minimum absolute atomic E-state index is 0.310. The summed E-state index contributed by atoms with van der Waals surface area (Å²) in [6.07, 6.45) is 0. The fraction of sp³-hybridized carbons (Fsp3) is 0.667. The normalized spacial score (nSPS) is 14.7. The van der Waals surface area contributed by atoms with Gasteiger partial charge < -0.3 is 5.11 Å². The summed E-state index contributed by atoms with van der Waals surface area (Å²) in [4.78, 5) is 21.3. The zero-order valence-electron chi connectivity index (χ0n) is 7.31. The summed E-state index contributed by atoms with van der Waals surface area (Å²) in [5.41, 5.74) is 2.00. The van der Waals surface area contributed by atoms with E-state index in [4.69, 9.17) is 10.9 Å². The van der Waals surface area contributed by atoms with Crippen molar-refractivity contribution in [2.75, 3.05) is 0 Å². The quantitative estimate of drug-likeness (QED) is 0.268. The van der Waals surface area contributed by atoms with Crippen molar-refractivity contribution in [1.82, 2.24) is 5.43 Å². The Balaban J connectivity index is 3.76. The third kappa shape index (κ3) is 5.02. The van der Waals surface area contributed by atoms with Crippen LogP contribution in [0.4, 0.5) is 0 Å². The Kier molecular flexibility index (Phi) is 5.93. The number of hydrogen-bond donors (Lipinski definition) is 3. The van der Waals surface area contributed by atoms with Gasteiger partial charge in [0.1, 0.15) is 5.25 Å². The maximum Gasteiger partial charge on any atom is 0.317 e. The number of aliphatic carboxylic acids is 1. The van der Waals surface area contributed by atoms with E-state index in [-0.39, 0.29) is 11.2 Å². The zero-order chi connectivity index (χ0) is 10.4. The maximum atomic E-state index is 10.9. The van der Waals surface area contributed by atoms with Crippen molar-refractivity contribution in [3.05, 3.63) is 0 Å². The first-order chi connectivity index (χ1) is 5.99. The van der Waals surface area contributed by atoms with Crippen molar-refractivity contribution in [2.24, 2.45) is 5.84 Å². The van der Waals surface area contributed by atoms with Crippen LogP contribution in [0.3, 0.4) is 0 Å². The lowest BCUT2D eigenvalue weighted by molar-refractivity contribution is -0.136. The van der Waals surface area contributed by atoms with Crippen molar-refractivity contribution in [2.45, 2.75) is 24.3 Å². The van der Waals surface area contributed by atoms with Crippen LogP contribution >= 0.6 is 21.6 Å². The van der Waals surface area contributed by atoms with Gasteiger partial charge >= 0.3 is 5.97 Å². The second kappa shape index (κ2) is 6.11. The number of nitrogens with two attached hydrogens (primary N) is 1. The SMILES string of the molecule is CC(SSC(C)C(=O)NN)C(=O)O. The molecule has 0 aliphatic rings. The Labute approximate surface area is 84.2 Å². The van der Waals surface area contributed by atoms with Gasteiger partial charge in [-0.05, 0) is 13.8 Å². The lowest BCUT2D eigenvalue weighted by Gasteiger charge is -2.10. The van der Waals surface area contributed by atoms with E-state index >= 15 is 0 Å². The topological polar surface area (TPSA) is 92.4 Å². The molecule has 0 bridgehead atoms. The van der Waals surface area contributed by atoms with Gasteiger partial charge in [0.25, 0.3) is 0 Å². The van der Waals surface area contributed by atoms with Crippen molar-refractivity contribution < 1.29 is 14.7 Å². The summed E-state index contributed by atoms with van der Waals surface area (Å²) < 4.78 is 0. The predicted molar refractivity (Wildman–Crippen MR) is 54.1 cm³/mol. The molecule has 0 rings (SSSR count). The molecule has 0 aliphatic carbocycles. The predicted octanol–water partition coefficient (Wildman–Crippen LogP) is 0.219. The van der Waals surface area contributed by atoms with E-state index in [1.165, 1.54) is 10.8 Å². The molecule has 0 aliphatic heterocycles. The minimum Gasteiger partial charge on any atom is -0.480 e. The summed E-state index contributed by atoms with van der Waals surface area (Å²) in [5.74, 6) is 3.70. The van der Waals surface area contributed by atoms with Crippen LogP contribution in [-0.4, -0.2) is 27.5 Å². The average molecular weight is 224 g/mol. The van der Waals surface area contributed by atoms with Crippen LogP contribution in [0, 0.1) is 0 Å². The van der Waals surface area contributed by atoms with Crippen molar-refractivity contribution in [3.8, 4) is 0 Å². The van der Waals surface area contributed by atoms with Crippen LogP contribution in [0.5, 0.6) is 0 Å². The molecular formula is C6H12N2O3S2. The fourth-order valence-electron chi connectivity index (χ4n) is 0.369. The number of carbonyl (C=O) groups excluding carboxylic acids is 1. The first-order valence-electron chi connectivity index (χ1n) is 3.54. The summed E-state index contributed by atoms with van der Waals surface area (Å²) in [6, 6.07) is 0. The molecule has 0 aromatic heterocycles. The number of carboxylic acid groups (broad SMARTS) is 1. The number of rotatable bonds is 5. The highest BCUT2D eigenvalue weighted by Crippen LogP contribution is 2.30. The van der Waals surface area contributed by atoms with E-state index < -0.39 is 11.2 Å². The molecule has 0 heterocycles. The van der Waals surface area contributed by atoms with Crippen LogP contribution in [0.25, 0.3) is 0 Å². The summed E-state index contributed by atoms with van der Waals surface area (Å²) in [6.45, 7) is 3.22. The second-order valence-electron chi connectivity index (χ2n) is 2.32. The van der Waals surface area contributed by atoms with Crippen molar-refractivity contribution in [1.29, 1.82) is 0 Å². The van der Waals surface area contributed by atoms with Gasteiger partial charge in [0.15, 0.2) is 0 Å². The molecule has 0 fully saturated rings. The Bertz CT molecular complexity index is 200. The van der Waals surface area contributed by atoms with E-state index in [0.717, 1.165) is 10.8 Å². The molecule has 0 saturated carbocycles. The minimum atomic E-state index is -0.891. The zero-order valence-corrected chi connectivity index (χ0v) is 8.95. The lowest BCUT2D eigenvalue weighted by Crippen LogP contribution is -2.36. The highest BCUT2D eigenvalue weighted by atomic mass is 33.1. The lowest BCUT2D eigenvalue weighted by atomic mass is 10.5. The molecule has 4 N–H and O–H groups in total. The summed E-state index contributed by atoms with van der Waals surface area (Å²) in [7, 11) is 2.33. The van der Waals surface area contributed by atoms with E-state index in [9.17, 15) is 9.59 Å². The molecule has 0 radical (unpaired) electrons. The van der Waals surface area contributed by atoms with Crippen LogP contribution in [0.15, 0.2) is 0 Å². The van der Waals surface area contributed by atoms with Gasteiger partial charge in [0, 0.05) is 0 Å². The highest BCUT2D eigenvalue weighted by molar-refractivity contribution is 8.77. The molecule has 2 atom stereocenters. The molecular weight excluding hydrogens is 212 g/mol. The van der Waals surface area contributed by atoms with Gasteiger partial charge in [-0.3, -0.25) is 15.0 Å². The second-order valence-corrected chi connectivity index (χ2v) is 5.28. The van der Waals surface area contributed by atoms with Gasteiger partial charge in [-0.15, -0.1) is 0 Å².